The van der Waals surface area contributed by atoms with Gasteiger partial charge in [-0.2, -0.15) is 0 Å². The molecule has 0 spiro atoms. The number of carbonyl (C=O) groups excluding carboxylic acids is 1. The maximum Gasteiger partial charge on any atom is 0.294 e. The molecule has 0 bridgehead atoms. The monoisotopic (exact) mass is 548 g/mol. The molecule has 12 heteroatoms. The lowest BCUT2D eigenvalue weighted by atomic mass is 9.97. The number of alkyl halides is 2. The van der Waals surface area contributed by atoms with Crippen molar-refractivity contribution in [3.05, 3.63) is 86.5 Å². The molecule has 0 aliphatic rings. The number of hydrogen-bond acceptors (Lipinski definition) is 5. The molecule has 0 aliphatic heterocycles. The molecular weight excluding hydrogens is 525 g/mol. The quantitative estimate of drug-likeness (QED) is 0.295. The Kier molecular flexibility index (Phi) is 7.52. The van der Waals surface area contributed by atoms with E-state index in [2.05, 4.69) is 15.4 Å². The number of methoxy groups -OCH3 is 1. The minimum Gasteiger partial charge on any atom is -0.495 e. The van der Waals surface area contributed by atoms with Crippen molar-refractivity contribution in [2.45, 2.75) is 31.7 Å². The van der Waals surface area contributed by atoms with Gasteiger partial charge in [-0.3, -0.25) is 9.59 Å². The van der Waals surface area contributed by atoms with Crippen LogP contribution in [-0.2, 0) is 0 Å². The van der Waals surface area contributed by atoms with Crippen LogP contribution in [0.15, 0.2) is 53.5 Å². The van der Waals surface area contributed by atoms with Crippen LogP contribution in [0.3, 0.4) is 0 Å². The van der Waals surface area contributed by atoms with Gasteiger partial charge in [0.1, 0.15) is 29.7 Å². The Hall–Kier alpha value is -3.83. The lowest BCUT2D eigenvalue weighted by molar-refractivity contribution is -0.0785. The Balaban J connectivity index is 1.81. The smallest absolute Gasteiger partial charge is 0.294 e. The van der Waals surface area contributed by atoms with Gasteiger partial charge in [0.05, 0.1) is 17.7 Å². The van der Waals surface area contributed by atoms with Crippen LogP contribution in [0.2, 0.25) is 5.02 Å². The first-order chi connectivity index (χ1) is 18.0. The number of benzene rings is 2. The van der Waals surface area contributed by atoms with Gasteiger partial charge in [-0.1, -0.05) is 37.6 Å². The number of rotatable bonds is 8. The SMILES string of the molecule is COc1cc(-c2nn3cc(C(=O)N[C@@H](c4ccc(F)cc4)C(F)(F)CO)c(C(C)C)c3c(=O)[nH]2)ccc1Cl. The molecule has 8 nitrogen and oxygen atoms in total. The minimum absolute atomic E-state index is 0.0512. The maximum absolute atomic E-state index is 14.7. The van der Waals surface area contributed by atoms with Crippen LogP contribution < -0.4 is 15.6 Å². The van der Waals surface area contributed by atoms with Crippen LogP contribution in [0.25, 0.3) is 16.9 Å². The fraction of sp³-hybridized carbons (Fsp3) is 0.269. The number of aliphatic hydroxyl groups is 1. The van der Waals surface area contributed by atoms with Crippen LogP contribution >= 0.6 is 11.6 Å². The normalized spacial score (nSPS) is 12.7. The van der Waals surface area contributed by atoms with E-state index in [4.69, 9.17) is 16.3 Å². The van der Waals surface area contributed by atoms with E-state index in [1.807, 2.05) is 0 Å². The van der Waals surface area contributed by atoms with Gasteiger partial charge in [0.15, 0.2) is 5.82 Å². The van der Waals surface area contributed by atoms with E-state index in [-0.39, 0.29) is 28.4 Å². The Morgan fingerprint density at radius 1 is 1.24 bits per heavy atom. The van der Waals surface area contributed by atoms with Crippen molar-refractivity contribution in [1.82, 2.24) is 19.9 Å². The van der Waals surface area contributed by atoms with Gasteiger partial charge in [0.25, 0.3) is 17.4 Å². The number of carbonyl (C=O) groups is 1. The summed E-state index contributed by atoms with van der Waals surface area (Å²) in [5.41, 5.74) is 0.134. The molecule has 0 saturated heterocycles. The molecule has 38 heavy (non-hydrogen) atoms. The lowest BCUT2D eigenvalue weighted by Crippen LogP contribution is -2.43. The summed E-state index contributed by atoms with van der Waals surface area (Å²) in [6, 6.07) is 6.97. The van der Waals surface area contributed by atoms with Crippen molar-refractivity contribution in [2.24, 2.45) is 0 Å². The summed E-state index contributed by atoms with van der Waals surface area (Å²) < 4.78 is 49.2. The highest BCUT2D eigenvalue weighted by Crippen LogP contribution is 2.33. The van der Waals surface area contributed by atoms with Crippen molar-refractivity contribution in [1.29, 1.82) is 0 Å². The van der Waals surface area contributed by atoms with Gasteiger partial charge in [-0.15, -0.1) is 5.10 Å². The van der Waals surface area contributed by atoms with Crippen molar-refractivity contribution < 1.29 is 27.8 Å². The van der Waals surface area contributed by atoms with E-state index in [0.29, 0.717) is 21.9 Å². The number of fused-ring (bicyclic) bond motifs is 1. The molecule has 4 aromatic rings. The molecule has 2 aromatic carbocycles. The summed E-state index contributed by atoms with van der Waals surface area (Å²) in [6.45, 7) is 1.92. The third-order valence-electron chi connectivity index (χ3n) is 6.04. The zero-order valence-corrected chi connectivity index (χ0v) is 21.3. The summed E-state index contributed by atoms with van der Waals surface area (Å²) in [7, 11) is 1.44. The number of halogens is 4. The number of H-pyrrole nitrogens is 1. The maximum atomic E-state index is 14.7. The minimum atomic E-state index is -3.76. The Morgan fingerprint density at radius 3 is 2.53 bits per heavy atom. The molecule has 1 atom stereocenters. The summed E-state index contributed by atoms with van der Waals surface area (Å²) in [6.07, 6.45) is 1.28. The Morgan fingerprint density at radius 2 is 1.92 bits per heavy atom. The largest absolute Gasteiger partial charge is 0.495 e. The van der Waals surface area contributed by atoms with Crippen LogP contribution in [0.4, 0.5) is 13.2 Å². The molecule has 3 N–H and O–H groups in total. The molecular formula is C26H24ClF3N4O4. The van der Waals surface area contributed by atoms with Gasteiger partial charge in [-0.05, 0) is 41.8 Å². The number of aromatic amines is 1. The highest BCUT2D eigenvalue weighted by molar-refractivity contribution is 6.32. The number of amides is 1. The highest BCUT2D eigenvalue weighted by Gasteiger charge is 2.41. The van der Waals surface area contributed by atoms with Gasteiger partial charge < -0.3 is 20.1 Å². The molecule has 2 heterocycles. The molecule has 0 saturated carbocycles. The molecule has 4 rings (SSSR count). The van der Waals surface area contributed by atoms with Gasteiger partial charge in [0.2, 0.25) is 0 Å². The van der Waals surface area contributed by atoms with Crippen molar-refractivity contribution in [2.75, 3.05) is 13.7 Å². The third kappa shape index (κ3) is 5.11. The summed E-state index contributed by atoms with van der Waals surface area (Å²) in [5.74, 6) is -5.18. The van der Waals surface area contributed by atoms with E-state index >= 15 is 0 Å². The topological polar surface area (TPSA) is 109 Å². The van der Waals surface area contributed by atoms with Gasteiger partial charge in [0, 0.05) is 17.3 Å². The van der Waals surface area contributed by atoms with Crippen LogP contribution in [0.5, 0.6) is 5.75 Å². The standard InChI is InChI=1S/C26H24ClF3N4O4/c1-13(2)20-17(24(36)31-22(26(29,30)12-35)14-4-7-16(28)8-5-14)11-34-21(20)25(37)32-23(33-34)15-6-9-18(27)19(10-15)38-3/h4-11,13,22,35H,12H2,1-3H3,(H,31,36)(H,32,33,37)/t22-/m0/s1. The zero-order chi connectivity index (χ0) is 27.8. The fourth-order valence-corrected chi connectivity index (χ4v) is 4.40. The molecule has 200 valence electrons. The van der Waals surface area contributed by atoms with E-state index in [0.717, 1.165) is 24.3 Å². The number of nitrogens with zero attached hydrogens (tertiary/aromatic N) is 2. The molecule has 0 unspecified atom stereocenters. The molecule has 2 aromatic heterocycles. The molecule has 0 radical (unpaired) electrons. The summed E-state index contributed by atoms with van der Waals surface area (Å²) in [5, 5.41) is 16.3. The second-order valence-electron chi connectivity index (χ2n) is 8.93. The van der Waals surface area contributed by atoms with E-state index in [9.17, 15) is 27.9 Å². The summed E-state index contributed by atoms with van der Waals surface area (Å²) >= 11 is 6.09. The number of ether oxygens (including phenoxy) is 1. The van der Waals surface area contributed by atoms with E-state index < -0.39 is 35.9 Å². The van der Waals surface area contributed by atoms with E-state index in [1.54, 1.807) is 32.0 Å². The van der Waals surface area contributed by atoms with E-state index in [1.165, 1.54) is 17.8 Å². The molecule has 0 aliphatic carbocycles. The predicted molar refractivity (Wildman–Crippen MR) is 136 cm³/mol. The zero-order valence-electron chi connectivity index (χ0n) is 20.6. The second-order valence-corrected chi connectivity index (χ2v) is 9.34. The summed E-state index contributed by atoms with van der Waals surface area (Å²) in [4.78, 5) is 29.2. The first kappa shape index (κ1) is 27.2. The fourth-order valence-electron chi connectivity index (χ4n) is 4.20. The molecule has 0 fully saturated rings. The lowest BCUT2D eigenvalue weighted by Gasteiger charge is -2.27. The van der Waals surface area contributed by atoms with Crippen molar-refractivity contribution in [3.8, 4) is 17.1 Å². The number of aromatic nitrogens is 3. The second kappa shape index (κ2) is 10.5. The molecule has 1 amide bonds. The van der Waals surface area contributed by atoms with Crippen molar-refractivity contribution in [3.63, 3.8) is 0 Å². The van der Waals surface area contributed by atoms with Crippen molar-refractivity contribution >= 4 is 23.0 Å². The Bertz CT molecular complexity index is 1550. The average Bonchev–Trinajstić information content (AvgIpc) is 3.29. The number of hydrogen-bond donors (Lipinski definition) is 3. The van der Waals surface area contributed by atoms with Crippen LogP contribution in [-0.4, -0.2) is 45.3 Å². The first-order valence-electron chi connectivity index (χ1n) is 11.5. The van der Waals surface area contributed by atoms with Gasteiger partial charge in [-0.25, -0.2) is 17.7 Å². The Labute approximate surface area is 220 Å². The third-order valence-corrected chi connectivity index (χ3v) is 6.35. The van der Waals surface area contributed by atoms with Crippen LogP contribution in [0, 0.1) is 5.82 Å². The number of aliphatic hydroxyl groups excluding tert-OH is 1. The predicted octanol–water partition coefficient (Wildman–Crippen LogP) is 4.71. The van der Waals surface area contributed by atoms with Crippen LogP contribution in [0.1, 0.15) is 47.3 Å². The highest BCUT2D eigenvalue weighted by atomic mass is 35.5. The average molecular weight is 549 g/mol. The number of nitrogens with one attached hydrogen (secondary N) is 2. The van der Waals surface area contributed by atoms with Gasteiger partial charge >= 0.3 is 0 Å². The first-order valence-corrected chi connectivity index (χ1v) is 11.9.